The summed E-state index contributed by atoms with van der Waals surface area (Å²) in [6.45, 7) is 7.30. The van der Waals surface area contributed by atoms with Crippen LogP contribution in [0.2, 0.25) is 0 Å². The molecule has 2 fully saturated rings. The van der Waals surface area contributed by atoms with Crippen molar-refractivity contribution in [3.8, 4) is 23.5 Å². The Bertz CT molecular complexity index is 1410. The van der Waals surface area contributed by atoms with Gasteiger partial charge in [-0.2, -0.15) is 9.97 Å². The highest BCUT2D eigenvalue weighted by molar-refractivity contribution is 5.47. The second kappa shape index (κ2) is 9.62. The minimum absolute atomic E-state index is 0.150. The molecular formula is C32H32N4O2. The Hall–Kier alpha value is -4.15. The molecule has 0 aliphatic heterocycles. The predicted octanol–water partition coefficient (Wildman–Crippen LogP) is 8.01. The highest BCUT2D eigenvalue weighted by Crippen LogP contribution is 2.67. The third-order valence-electron chi connectivity index (χ3n) is 8.62. The van der Waals surface area contributed by atoms with Crippen LogP contribution in [-0.2, 0) is 0 Å². The smallest absolute Gasteiger partial charge is 0.330 e. The monoisotopic (exact) mass is 504 g/mol. The molecule has 6 nitrogen and oxygen atoms in total. The van der Waals surface area contributed by atoms with Crippen molar-refractivity contribution in [1.82, 2.24) is 15.0 Å². The first-order valence-corrected chi connectivity index (χ1v) is 13.3. The SMILES string of the molecule is CC12CCC(CC1=C=C1C=CC(Nc3nc(Oc4ccccc4)nc(Oc4ccccc4)n3)=CC1)C2(C)C. The maximum atomic E-state index is 5.89. The molecule has 3 aliphatic carbocycles. The quantitative estimate of drug-likeness (QED) is 0.343. The van der Waals surface area contributed by atoms with Crippen LogP contribution >= 0.6 is 0 Å². The maximum absolute atomic E-state index is 5.89. The molecule has 0 radical (unpaired) electrons. The maximum Gasteiger partial charge on any atom is 0.330 e. The van der Waals surface area contributed by atoms with E-state index in [4.69, 9.17) is 9.47 Å². The second-order valence-electron chi connectivity index (χ2n) is 11.0. The Morgan fingerprint density at radius 2 is 1.47 bits per heavy atom. The van der Waals surface area contributed by atoms with Gasteiger partial charge in [0.1, 0.15) is 11.5 Å². The average molecular weight is 505 g/mol. The van der Waals surface area contributed by atoms with Gasteiger partial charge < -0.3 is 14.8 Å². The molecule has 6 heteroatoms. The molecule has 1 heterocycles. The summed E-state index contributed by atoms with van der Waals surface area (Å²) in [5.74, 6) is 2.39. The molecule has 192 valence electrons. The Morgan fingerprint density at radius 3 is 1.97 bits per heavy atom. The Kier molecular flexibility index (Phi) is 6.13. The van der Waals surface area contributed by atoms with E-state index < -0.39 is 0 Å². The van der Waals surface area contributed by atoms with E-state index in [1.807, 2.05) is 66.7 Å². The summed E-state index contributed by atoms with van der Waals surface area (Å²) >= 11 is 0. The van der Waals surface area contributed by atoms with Crippen molar-refractivity contribution in [3.63, 3.8) is 0 Å². The number of hydrogen-bond acceptors (Lipinski definition) is 6. The first-order chi connectivity index (χ1) is 18.4. The third kappa shape index (κ3) is 4.64. The van der Waals surface area contributed by atoms with Gasteiger partial charge in [-0.05, 0) is 84.6 Å². The minimum Gasteiger partial charge on any atom is -0.424 e. The van der Waals surface area contributed by atoms with Crippen LogP contribution in [0.4, 0.5) is 5.95 Å². The lowest BCUT2D eigenvalue weighted by molar-refractivity contribution is 0.179. The third-order valence-corrected chi connectivity index (χ3v) is 8.62. The molecular weight excluding hydrogens is 472 g/mol. The number of hydrogen-bond donors (Lipinski definition) is 1. The van der Waals surface area contributed by atoms with Crippen LogP contribution in [0.15, 0.2) is 101 Å². The van der Waals surface area contributed by atoms with Gasteiger partial charge in [0.05, 0.1) is 0 Å². The van der Waals surface area contributed by atoms with E-state index in [-0.39, 0.29) is 17.4 Å². The van der Waals surface area contributed by atoms with Crippen molar-refractivity contribution >= 4 is 5.95 Å². The Morgan fingerprint density at radius 1 is 0.842 bits per heavy atom. The van der Waals surface area contributed by atoms with Crippen molar-refractivity contribution < 1.29 is 9.47 Å². The van der Waals surface area contributed by atoms with Crippen LogP contribution in [0.5, 0.6) is 23.5 Å². The number of nitrogens with one attached hydrogen (secondary N) is 1. The fourth-order valence-electron chi connectivity index (χ4n) is 5.88. The normalized spacial score (nSPS) is 23.1. The lowest BCUT2D eigenvalue weighted by Gasteiger charge is -2.34. The van der Waals surface area contributed by atoms with E-state index in [0.717, 1.165) is 18.0 Å². The number of anilines is 1. The number of ether oxygens (including phenoxy) is 2. The van der Waals surface area contributed by atoms with Crippen LogP contribution in [-0.4, -0.2) is 15.0 Å². The lowest BCUT2D eigenvalue weighted by atomic mass is 9.69. The van der Waals surface area contributed by atoms with Gasteiger partial charge in [-0.1, -0.05) is 63.2 Å². The highest BCUT2D eigenvalue weighted by atomic mass is 16.5. The molecule has 3 aromatic rings. The van der Waals surface area contributed by atoms with Crippen LogP contribution in [0.3, 0.4) is 0 Å². The molecule has 38 heavy (non-hydrogen) atoms. The molecule has 6 rings (SSSR count). The van der Waals surface area contributed by atoms with Crippen molar-refractivity contribution in [2.24, 2.45) is 16.7 Å². The largest absolute Gasteiger partial charge is 0.424 e. The number of nitrogens with zero attached hydrogens (tertiary/aromatic N) is 3. The van der Waals surface area contributed by atoms with Crippen LogP contribution in [0, 0.1) is 16.7 Å². The lowest BCUT2D eigenvalue weighted by Crippen LogP contribution is -2.27. The minimum atomic E-state index is 0.150. The van der Waals surface area contributed by atoms with Crippen molar-refractivity contribution in [3.05, 3.63) is 101 Å². The fraction of sp³-hybridized carbons (Fsp3) is 0.312. The number of allylic oxidation sites excluding steroid dienone is 4. The van der Waals surface area contributed by atoms with E-state index in [2.05, 4.69) is 58.9 Å². The van der Waals surface area contributed by atoms with Crippen LogP contribution in [0.25, 0.3) is 0 Å². The summed E-state index contributed by atoms with van der Waals surface area (Å²) in [5, 5.41) is 3.30. The number of para-hydroxylation sites is 2. The summed E-state index contributed by atoms with van der Waals surface area (Å²) in [7, 11) is 0. The summed E-state index contributed by atoms with van der Waals surface area (Å²) in [4.78, 5) is 13.3. The van der Waals surface area contributed by atoms with Gasteiger partial charge in [-0.25, -0.2) is 0 Å². The predicted molar refractivity (Wildman–Crippen MR) is 148 cm³/mol. The molecule has 0 saturated heterocycles. The van der Waals surface area contributed by atoms with Crippen molar-refractivity contribution in [1.29, 1.82) is 0 Å². The van der Waals surface area contributed by atoms with Crippen LogP contribution < -0.4 is 14.8 Å². The zero-order valence-corrected chi connectivity index (χ0v) is 22.1. The second-order valence-corrected chi connectivity index (χ2v) is 11.0. The zero-order chi connectivity index (χ0) is 26.2. The van der Waals surface area contributed by atoms with Gasteiger partial charge in [-0.3, -0.25) is 0 Å². The van der Waals surface area contributed by atoms with Crippen LogP contribution in [0.1, 0.15) is 46.5 Å². The van der Waals surface area contributed by atoms with E-state index in [1.165, 1.54) is 30.4 Å². The molecule has 2 saturated carbocycles. The molecule has 0 amide bonds. The first kappa shape index (κ1) is 24.2. The molecule has 1 aromatic heterocycles. The molecule has 2 aromatic carbocycles. The summed E-state index contributed by atoms with van der Waals surface area (Å²) < 4.78 is 11.8. The van der Waals surface area contributed by atoms with E-state index in [9.17, 15) is 0 Å². The zero-order valence-electron chi connectivity index (χ0n) is 22.1. The fourth-order valence-corrected chi connectivity index (χ4v) is 5.88. The molecule has 2 unspecified atom stereocenters. The molecule has 2 atom stereocenters. The summed E-state index contributed by atoms with van der Waals surface area (Å²) in [5.41, 5.74) is 8.02. The van der Waals surface area contributed by atoms with E-state index in [0.29, 0.717) is 22.9 Å². The van der Waals surface area contributed by atoms with Gasteiger partial charge in [-0.15, -0.1) is 10.7 Å². The van der Waals surface area contributed by atoms with Crippen molar-refractivity contribution in [2.45, 2.75) is 46.5 Å². The summed E-state index contributed by atoms with van der Waals surface area (Å²) in [6, 6.07) is 19.1. The first-order valence-electron chi connectivity index (χ1n) is 13.3. The van der Waals surface area contributed by atoms with Gasteiger partial charge in [0.15, 0.2) is 0 Å². The van der Waals surface area contributed by atoms with E-state index >= 15 is 0 Å². The standard InChI is InChI=1S/C32H32N4O2/c1-31(2)23-18-19-32(31,3)24(21-23)20-22-14-16-25(17-15-22)33-28-34-29(37-26-10-6-4-7-11-26)36-30(35-28)38-27-12-8-5-9-13-27/h4-14,16-17,23H,15,18-19,21H2,1-3H3,(H,33,34,35,36). The highest BCUT2D eigenvalue weighted by Gasteiger charge is 2.58. The van der Waals surface area contributed by atoms with Gasteiger partial charge in [0.25, 0.3) is 0 Å². The van der Waals surface area contributed by atoms with E-state index in [1.54, 1.807) is 0 Å². The number of rotatable bonds is 6. The molecule has 2 bridgehead atoms. The number of benzene rings is 2. The Labute approximate surface area is 223 Å². The molecule has 0 spiro atoms. The van der Waals surface area contributed by atoms with Gasteiger partial charge >= 0.3 is 12.0 Å². The van der Waals surface area contributed by atoms with Gasteiger partial charge in [0, 0.05) is 11.1 Å². The average Bonchev–Trinajstić information content (AvgIpc) is 3.25. The summed E-state index contributed by atoms with van der Waals surface area (Å²) in [6.07, 6.45) is 10.9. The number of fused-ring (bicyclic) bond motifs is 2. The van der Waals surface area contributed by atoms with Gasteiger partial charge in [0.2, 0.25) is 5.95 Å². The molecule has 3 aliphatic rings. The topological polar surface area (TPSA) is 69.2 Å². The molecule has 1 N–H and O–H groups in total. The number of aromatic nitrogens is 3. The van der Waals surface area contributed by atoms with Crippen molar-refractivity contribution in [2.75, 3.05) is 5.32 Å². The Balaban J connectivity index is 1.23.